The second-order valence-electron chi connectivity index (χ2n) is 5.65. The maximum atomic E-state index is 13.2. The highest BCUT2D eigenvalue weighted by atomic mass is 32.2. The molecular weight excluding hydrogens is 414 g/mol. The summed E-state index contributed by atoms with van der Waals surface area (Å²) in [5, 5.41) is 0. The highest BCUT2D eigenvalue weighted by Crippen LogP contribution is 2.36. The molecule has 0 radical (unpaired) electrons. The first kappa shape index (κ1) is 20.0. The standard InChI is InChI=1S/C16H10F6N2O3S/c1-9-23-14-12(15(17,18)19)6-3-7-13(14)24(9)10-4-2-5-11(8-10)27-28(25,26)16(20,21)22/h2-8H,1H3. The fourth-order valence-electron chi connectivity index (χ4n) is 2.62. The number of fused-ring (bicyclic) bond motifs is 1. The summed E-state index contributed by atoms with van der Waals surface area (Å²) < 4.78 is 105. The number of rotatable bonds is 3. The molecule has 0 saturated heterocycles. The summed E-state index contributed by atoms with van der Waals surface area (Å²) >= 11 is 0. The van der Waals surface area contributed by atoms with Crippen LogP contribution in [0, 0.1) is 6.92 Å². The Balaban J connectivity index is 2.13. The Hall–Kier alpha value is -2.76. The smallest absolute Gasteiger partial charge is 0.376 e. The highest BCUT2D eigenvalue weighted by molar-refractivity contribution is 7.88. The largest absolute Gasteiger partial charge is 0.534 e. The van der Waals surface area contributed by atoms with Gasteiger partial charge in [-0.2, -0.15) is 34.8 Å². The van der Waals surface area contributed by atoms with Gasteiger partial charge in [-0.1, -0.05) is 12.1 Å². The van der Waals surface area contributed by atoms with Crippen LogP contribution in [0.1, 0.15) is 11.4 Å². The lowest BCUT2D eigenvalue weighted by atomic mass is 10.1. The van der Waals surface area contributed by atoms with Crippen LogP contribution < -0.4 is 4.18 Å². The first-order valence-corrected chi connectivity index (χ1v) is 8.88. The van der Waals surface area contributed by atoms with Gasteiger partial charge in [0.2, 0.25) is 0 Å². The van der Waals surface area contributed by atoms with Gasteiger partial charge >= 0.3 is 21.8 Å². The topological polar surface area (TPSA) is 61.2 Å². The molecule has 0 spiro atoms. The highest BCUT2D eigenvalue weighted by Gasteiger charge is 2.48. The number of aromatic nitrogens is 2. The summed E-state index contributed by atoms with van der Waals surface area (Å²) in [6, 6.07) is 7.87. The van der Waals surface area contributed by atoms with Crippen molar-refractivity contribution in [2.24, 2.45) is 0 Å². The van der Waals surface area contributed by atoms with Gasteiger partial charge in [0.05, 0.1) is 16.8 Å². The molecule has 1 aromatic heterocycles. The number of nitrogens with zero attached hydrogens (tertiary/aromatic N) is 2. The second kappa shape index (κ2) is 6.40. The van der Waals surface area contributed by atoms with Crippen molar-refractivity contribution >= 4 is 21.2 Å². The summed E-state index contributed by atoms with van der Waals surface area (Å²) in [4.78, 5) is 3.90. The van der Waals surface area contributed by atoms with Gasteiger partial charge < -0.3 is 4.18 Å². The molecule has 0 bridgehead atoms. The molecular formula is C16H10F6N2O3S. The summed E-state index contributed by atoms with van der Waals surface area (Å²) in [5.41, 5.74) is -6.82. The second-order valence-corrected chi connectivity index (χ2v) is 7.18. The molecule has 1 heterocycles. The van der Waals surface area contributed by atoms with E-state index in [9.17, 15) is 34.8 Å². The van der Waals surface area contributed by atoms with E-state index < -0.39 is 33.1 Å². The number of para-hydroxylation sites is 1. The number of alkyl halides is 6. The lowest BCUT2D eigenvalue weighted by Crippen LogP contribution is -2.28. The number of imidazole rings is 1. The molecule has 0 aliphatic rings. The molecule has 0 aliphatic heterocycles. The zero-order valence-corrected chi connectivity index (χ0v) is 14.7. The summed E-state index contributed by atoms with van der Waals surface area (Å²) in [6.45, 7) is 1.40. The summed E-state index contributed by atoms with van der Waals surface area (Å²) in [5.74, 6) is -0.537. The monoisotopic (exact) mass is 424 g/mol. The first-order valence-electron chi connectivity index (χ1n) is 7.48. The fourth-order valence-corrected chi connectivity index (χ4v) is 3.07. The molecule has 0 atom stereocenters. The predicted molar refractivity (Wildman–Crippen MR) is 86.4 cm³/mol. The molecule has 3 aromatic rings. The number of benzene rings is 2. The molecule has 0 N–H and O–H groups in total. The number of aryl methyl sites for hydroxylation is 1. The predicted octanol–water partition coefficient (Wildman–Crippen LogP) is 4.58. The molecule has 2 aromatic carbocycles. The number of hydrogen-bond acceptors (Lipinski definition) is 4. The van der Waals surface area contributed by atoms with E-state index in [4.69, 9.17) is 0 Å². The van der Waals surface area contributed by atoms with E-state index in [1.165, 1.54) is 29.7 Å². The molecule has 0 aliphatic carbocycles. The van der Waals surface area contributed by atoms with Crippen molar-refractivity contribution in [1.29, 1.82) is 0 Å². The Morgan fingerprint density at radius 3 is 2.25 bits per heavy atom. The quantitative estimate of drug-likeness (QED) is 0.351. The van der Waals surface area contributed by atoms with E-state index in [1.807, 2.05) is 0 Å². The van der Waals surface area contributed by atoms with Crippen LogP contribution in [0.15, 0.2) is 42.5 Å². The van der Waals surface area contributed by atoms with Crippen molar-refractivity contribution in [2.75, 3.05) is 0 Å². The zero-order valence-electron chi connectivity index (χ0n) is 13.8. The molecule has 5 nitrogen and oxygen atoms in total. The van der Waals surface area contributed by atoms with Crippen LogP contribution in [0.4, 0.5) is 26.3 Å². The van der Waals surface area contributed by atoms with Crippen LogP contribution in [0.2, 0.25) is 0 Å². The molecule has 12 heteroatoms. The van der Waals surface area contributed by atoms with E-state index in [0.717, 1.165) is 24.3 Å². The average molecular weight is 424 g/mol. The van der Waals surface area contributed by atoms with E-state index in [2.05, 4.69) is 9.17 Å². The molecule has 0 unspecified atom stereocenters. The van der Waals surface area contributed by atoms with Crippen LogP contribution in [0.5, 0.6) is 5.75 Å². The molecule has 0 amide bonds. The fraction of sp³-hybridized carbons (Fsp3) is 0.188. The van der Waals surface area contributed by atoms with Gasteiger partial charge in [0.1, 0.15) is 17.1 Å². The van der Waals surface area contributed by atoms with Gasteiger partial charge in [-0.15, -0.1) is 0 Å². The lowest BCUT2D eigenvalue weighted by Gasteiger charge is -2.12. The third-order valence-electron chi connectivity index (χ3n) is 3.72. The SMILES string of the molecule is Cc1nc2c(C(F)(F)F)cccc2n1-c1cccc(OS(=O)(=O)C(F)(F)F)c1. The maximum Gasteiger partial charge on any atom is 0.534 e. The average Bonchev–Trinajstić information content (AvgIpc) is 2.88. The van der Waals surface area contributed by atoms with Crippen molar-refractivity contribution in [3.63, 3.8) is 0 Å². The normalized spacial score (nSPS) is 13.1. The van der Waals surface area contributed by atoms with E-state index in [1.54, 1.807) is 0 Å². The van der Waals surface area contributed by atoms with E-state index in [0.29, 0.717) is 0 Å². The minimum atomic E-state index is -5.89. The number of hydrogen-bond donors (Lipinski definition) is 0. The molecule has 0 saturated carbocycles. The molecule has 150 valence electrons. The van der Waals surface area contributed by atoms with Gasteiger partial charge in [-0.25, -0.2) is 4.98 Å². The van der Waals surface area contributed by atoms with Gasteiger partial charge in [-0.05, 0) is 31.2 Å². The first-order chi connectivity index (χ1) is 12.8. The Morgan fingerprint density at radius 2 is 1.64 bits per heavy atom. The van der Waals surface area contributed by atoms with Gasteiger partial charge in [-0.3, -0.25) is 4.57 Å². The molecule has 0 fully saturated rings. The minimum Gasteiger partial charge on any atom is -0.376 e. The van der Waals surface area contributed by atoms with Crippen LogP contribution in [0.3, 0.4) is 0 Å². The van der Waals surface area contributed by atoms with Crippen molar-refractivity contribution in [3.05, 3.63) is 53.9 Å². The third kappa shape index (κ3) is 3.51. The minimum absolute atomic E-state index is 0.0446. The van der Waals surface area contributed by atoms with Crippen LogP contribution in [-0.2, 0) is 16.3 Å². The Bertz CT molecular complexity index is 1150. The van der Waals surface area contributed by atoms with Crippen molar-refractivity contribution in [3.8, 4) is 11.4 Å². The third-order valence-corrected chi connectivity index (χ3v) is 4.70. The Kier molecular flexibility index (Phi) is 4.57. The molecule has 28 heavy (non-hydrogen) atoms. The van der Waals surface area contributed by atoms with E-state index >= 15 is 0 Å². The van der Waals surface area contributed by atoms with Gasteiger partial charge in [0.15, 0.2) is 0 Å². The summed E-state index contributed by atoms with van der Waals surface area (Å²) in [7, 11) is -5.89. The van der Waals surface area contributed by atoms with Gasteiger partial charge in [0, 0.05) is 6.07 Å². The number of halogens is 6. The Labute approximate surface area is 154 Å². The van der Waals surface area contributed by atoms with Crippen molar-refractivity contribution in [1.82, 2.24) is 9.55 Å². The van der Waals surface area contributed by atoms with Crippen molar-refractivity contribution < 1.29 is 38.9 Å². The van der Waals surface area contributed by atoms with Crippen molar-refractivity contribution in [2.45, 2.75) is 18.6 Å². The lowest BCUT2D eigenvalue weighted by molar-refractivity contribution is -0.136. The van der Waals surface area contributed by atoms with Crippen LogP contribution in [-0.4, -0.2) is 23.5 Å². The van der Waals surface area contributed by atoms with Crippen LogP contribution in [0.25, 0.3) is 16.7 Å². The zero-order chi connectivity index (χ0) is 20.9. The Morgan fingerprint density at radius 1 is 1.00 bits per heavy atom. The van der Waals surface area contributed by atoms with Crippen LogP contribution >= 0.6 is 0 Å². The summed E-state index contributed by atoms with van der Waals surface area (Å²) in [6.07, 6.45) is -4.66. The van der Waals surface area contributed by atoms with Gasteiger partial charge in [0.25, 0.3) is 0 Å². The maximum absolute atomic E-state index is 13.2. The van der Waals surface area contributed by atoms with E-state index in [-0.39, 0.29) is 22.5 Å². The molecule has 3 rings (SSSR count).